The molecular weight excluding hydrogens is 328 g/mol. The van der Waals surface area contributed by atoms with Crippen molar-refractivity contribution >= 4 is 10.8 Å². The predicted octanol–water partition coefficient (Wildman–Crippen LogP) is 3.10. The van der Waals surface area contributed by atoms with E-state index in [9.17, 15) is 5.26 Å². The lowest BCUT2D eigenvalue weighted by Gasteiger charge is -2.14. The van der Waals surface area contributed by atoms with Crippen molar-refractivity contribution in [2.75, 3.05) is 7.11 Å². The lowest BCUT2D eigenvalue weighted by Crippen LogP contribution is -2.05. The zero-order chi connectivity index (χ0) is 18.3. The highest BCUT2D eigenvalue weighted by molar-refractivity contribution is 5.97. The Morgan fingerprint density at radius 2 is 1.69 bits per heavy atom. The molecule has 4 aromatic rings. The minimum atomic E-state index is 0.310. The summed E-state index contributed by atoms with van der Waals surface area (Å²) in [7, 11) is 1.62. The van der Waals surface area contributed by atoms with Gasteiger partial charge in [0.2, 0.25) is 0 Å². The molecule has 0 fully saturated rings. The van der Waals surface area contributed by atoms with Gasteiger partial charge in [0.05, 0.1) is 30.5 Å². The van der Waals surface area contributed by atoms with E-state index in [0.29, 0.717) is 22.9 Å². The predicted molar refractivity (Wildman–Crippen MR) is 96.7 cm³/mol. The third kappa shape index (κ3) is 2.48. The molecule has 7 heteroatoms. The van der Waals surface area contributed by atoms with Crippen molar-refractivity contribution in [3.05, 3.63) is 60.3 Å². The van der Waals surface area contributed by atoms with Crippen LogP contribution in [0.2, 0.25) is 0 Å². The molecule has 3 aromatic heterocycles. The van der Waals surface area contributed by atoms with Gasteiger partial charge in [0.15, 0.2) is 5.69 Å². The van der Waals surface area contributed by atoms with Crippen LogP contribution in [-0.4, -0.2) is 31.2 Å². The van der Waals surface area contributed by atoms with Crippen molar-refractivity contribution in [1.29, 1.82) is 5.26 Å². The smallest absolute Gasteiger partial charge is 0.167 e. The Labute approximate surface area is 150 Å². The summed E-state index contributed by atoms with van der Waals surface area (Å²) in [6.45, 7) is 3.82. The normalized spacial score (nSPS) is 10.8. The van der Waals surface area contributed by atoms with Crippen LogP contribution in [0, 0.1) is 25.2 Å². The van der Waals surface area contributed by atoms with Crippen molar-refractivity contribution in [2.45, 2.75) is 13.8 Å². The number of aromatic nitrogens is 5. The fourth-order valence-corrected chi connectivity index (χ4v) is 3.00. The van der Waals surface area contributed by atoms with Crippen molar-refractivity contribution in [1.82, 2.24) is 24.1 Å². The van der Waals surface area contributed by atoms with E-state index in [4.69, 9.17) is 4.74 Å². The molecule has 0 aliphatic heterocycles. The summed E-state index contributed by atoms with van der Waals surface area (Å²) in [5.41, 5.74) is 2.73. The second-order valence-electron chi connectivity index (χ2n) is 6.00. The molecule has 0 saturated heterocycles. The van der Waals surface area contributed by atoms with Gasteiger partial charge >= 0.3 is 0 Å². The van der Waals surface area contributed by atoms with Crippen LogP contribution in [-0.2, 0) is 0 Å². The molecule has 7 nitrogen and oxygen atoms in total. The summed E-state index contributed by atoms with van der Waals surface area (Å²) < 4.78 is 9.05. The van der Waals surface area contributed by atoms with Crippen molar-refractivity contribution in [2.24, 2.45) is 0 Å². The average molecular weight is 344 g/mol. The Kier molecular flexibility index (Phi) is 3.66. The van der Waals surface area contributed by atoms with Gasteiger partial charge in [-0.1, -0.05) is 0 Å². The molecule has 26 heavy (non-hydrogen) atoms. The highest BCUT2D eigenvalue weighted by Gasteiger charge is 2.18. The molecule has 0 N–H and O–H groups in total. The molecule has 0 atom stereocenters. The summed E-state index contributed by atoms with van der Waals surface area (Å²) >= 11 is 0. The number of hydrogen-bond acceptors (Lipinski definition) is 5. The molecule has 0 radical (unpaired) electrons. The first kappa shape index (κ1) is 15.8. The first-order chi connectivity index (χ1) is 12.6. The van der Waals surface area contributed by atoms with Gasteiger partial charge < -0.3 is 9.30 Å². The SMILES string of the molecule is COc1ccc2c(-n3cnc(C)c3)nc(C#N)c(-n3cnc(C)c3)c2c1. The molecule has 0 bridgehead atoms. The maximum Gasteiger partial charge on any atom is 0.167 e. The zero-order valence-electron chi connectivity index (χ0n) is 14.6. The number of nitrogens with zero attached hydrogens (tertiary/aromatic N) is 6. The summed E-state index contributed by atoms with van der Waals surface area (Å²) in [6.07, 6.45) is 7.14. The van der Waals surface area contributed by atoms with Gasteiger partial charge in [-0.3, -0.25) is 4.57 Å². The number of benzene rings is 1. The largest absolute Gasteiger partial charge is 0.497 e. The first-order valence-corrected chi connectivity index (χ1v) is 8.04. The lowest BCUT2D eigenvalue weighted by atomic mass is 10.1. The third-order valence-corrected chi connectivity index (χ3v) is 4.20. The number of fused-ring (bicyclic) bond motifs is 1. The monoisotopic (exact) mass is 344 g/mol. The summed E-state index contributed by atoms with van der Waals surface area (Å²) in [5.74, 6) is 1.36. The molecule has 4 rings (SSSR count). The van der Waals surface area contributed by atoms with E-state index in [1.165, 1.54) is 0 Å². The van der Waals surface area contributed by atoms with E-state index in [1.807, 2.05) is 53.6 Å². The number of imidazole rings is 2. The van der Waals surface area contributed by atoms with Gasteiger partial charge in [0, 0.05) is 23.2 Å². The molecule has 0 aliphatic carbocycles. The van der Waals surface area contributed by atoms with Crippen molar-refractivity contribution in [3.8, 4) is 23.3 Å². The quantitative estimate of drug-likeness (QED) is 0.570. The Hall–Kier alpha value is -3.66. The average Bonchev–Trinajstić information content (AvgIpc) is 3.28. The van der Waals surface area contributed by atoms with Gasteiger partial charge in [-0.25, -0.2) is 15.0 Å². The van der Waals surface area contributed by atoms with Crippen LogP contribution < -0.4 is 4.74 Å². The van der Waals surface area contributed by atoms with E-state index in [-0.39, 0.29) is 0 Å². The van der Waals surface area contributed by atoms with Crippen LogP contribution in [0.15, 0.2) is 43.2 Å². The number of pyridine rings is 1. The molecule has 0 saturated carbocycles. The van der Waals surface area contributed by atoms with E-state index in [1.54, 1.807) is 19.8 Å². The van der Waals surface area contributed by atoms with Crippen molar-refractivity contribution < 1.29 is 4.74 Å². The number of ether oxygens (including phenoxy) is 1. The number of hydrogen-bond donors (Lipinski definition) is 0. The van der Waals surface area contributed by atoms with Gasteiger partial charge in [-0.2, -0.15) is 5.26 Å². The molecular formula is C19H16N6O. The summed E-state index contributed by atoms with van der Waals surface area (Å²) in [4.78, 5) is 13.2. The minimum absolute atomic E-state index is 0.310. The highest BCUT2D eigenvalue weighted by atomic mass is 16.5. The molecule has 1 aromatic carbocycles. The first-order valence-electron chi connectivity index (χ1n) is 8.04. The number of aryl methyl sites for hydroxylation is 2. The third-order valence-electron chi connectivity index (χ3n) is 4.20. The number of nitriles is 1. The van der Waals surface area contributed by atoms with Crippen LogP contribution in [0.1, 0.15) is 17.1 Å². The van der Waals surface area contributed by atoms with Crippen LogP contribution in [0.25, 0.3) is 22.3 Å². The molecule has 0 unspecified atom stereocenters. The van der Waals surface area contributed by atoms with Crippen LogP contribution in [0.3, 0.4) is 0 Å². The molecule has 3 heterocycles. The molecule has 0 spiro atoms. The maximum absolute atomic E-state index is 9.75. The Morgan fingerprint density at radius 1 is 1.00 bits per heavy atom. The lowest BCUT2D eigenvalue weighted by molar-refractivity contribution is 0.415. The highest BCUT2D eigenvalue weighted by Crippen LogP contribution is 2.32. The Bertz CT molecular complexity index is 1160. The van der Waals surface area contributed by atoms with Gasteiger partial charge in [0.25, 0.3) is 0 Å². The Balaban J connectivity index is 2.12. The summed E-state index contributed by atoms with van der Waals surface area (Å²) in [5, 5.41) is 11.5. The van der Waals surface area contributed by atoms with Gasteiger partial charge in [-0.05, 0) is 32.0 Å². The standard InChI is InChI=1S/C19H16N6O/c1-12-8-24(10-21-12)18-16-6-14(26-3)4-5-15(16)19(23-17(18)7-20)25-9-13(2)22-11-25/h4-6,8-11H,1-3H3. The fraction of sp³-hybridized carbons (Fsp3) is 0.158. The van der Waals surface area contributed by atoms with E-state index >= 15 is 0 Å². The molecule has 128 valence electrons. The Morgan fingerprint density at radius 3 is 2.27 bits per heavy atom. The minimum Gasteiger partial charge on any atom is -0.497 e. The summed E-state index contributed by atoms with van der Waals surface area (Å²) in [6, 6.07) is 7.95. The van der Waals surface area contributed by atoms with Crippen LogP contribution in [0.5, 0.6) is 5.75 Å². The zero-order valence-corrected chi connectivity index (χ0v) is 14.6. The topological polar surface area (TPSA) is 81.5 Å². The van der Waals surface area contributed by atoms with Crippen molar-refractivity contribution in [3.63, 3.8) is 0 Å². The second kappa shape index (κ2) is 6.01. The van der Waals surface area contributed by atoms with Crippen LogP contribution in [0.4, 0.5) is 0 Å². The number of rotatable bonds is 3. The second-order valence-corrected chi connectivity index (χ2v) is 6.00. The van der Waals surface area contributed by atoms with E-state index < -0.39 is 0 Å². The van der Waals surface area contributed by atoms with Gasteiger partial charge in [-0.15, -0.1) is 0 Å². The number of methoxy groups -OCH3 is 1. The maximum atomic E-state index is 9.75. The molecule has 0 aliphatic rings. The fourth-order valence-electron chi connectivity index (χ4n) is 3.00. The van der Waals surface area contributed by atoms with E-state index in [0.717, 1.165) is 22.2 Å². The van der Waals surface area contributed by atoms with Crippen LogP contribution >= 0.6 is 0 Å². The van der Waals surface area contributed by atoms with Gasteiger partial charge in [0.1, 0.15) is 24.0 Å². The van der Waals surface area contributed by atoms with E-state index in [2.05, 4.69) is 21.0 Å². The molecule has 0 amide bonds.